The summed E-state index contributed by atoms with van der Waals surface area (Å²) in [6, 6.07) is 24.8. The van der Waals surface area contributed by atoms with E-state index in [1.165, 1.54) is 68.7 Å². The molecule has 2 heteroatoms. The third kappa shape index (κ3) is 3.50. The lowest BCUT2D eigenvalue weighted by atomic mass is 10.0. The van der Waals surface area contributed by atoms with Crippen LogP contribution >= 0.6 is 0 Å². The first-order valence-corrected chi connectivity index (χ1v) is 11.6. The van der Waals surface area contributed by atoms with Gasteiger partial charge in [0, 0.05) is 51.8 Å². The van der Waals surface area contributed by atoms with Crippen LogP contribution in [0.2, 0.25) is 0 Å². The van der Waals surface area contributed by atoms with E-state index in [2.05, 4.69) is 103 Å². The Bertz CT molecular complexity index is 1380. The summed E-state index contributed by atoms with van der Waals surface area (Å²) in [5.41, 5.74) is 6.57. The lowest BCUT2D eigenvalue weighted by molar-refractivity contribution is -0.685. The molecule has 0 atom stereocenters. The van der Waals surface area contributed by atoms with Gasteiger partial charge in [0.15, 0.2) is 6.20 Å². The molecule has 0 radical (unpaired) electrons. The van der Waals surface area contributed by atoms with E-state index in [-0.39, 0.29) is 0 Å². The van der Waals surface area contributed by atoms with E-state index >= 15 is 0 Å². The minimum atomic E-state index is 0.976. The fourth-order valence-corrected chi connectivity index (χ4v) is 4.91. The Hall–Kier alpha value is -3.13. The molecule has 5 aromatic rings. The normalized spacial score (nSPS) is 11.7. The summed E-state index contributed by atoms with van der Waals surface area (Å²) < 4.78 is 4.91. The number of nitrogens with zero attached hydrogens (tertiary/aromatic N) is 2. The monoisotopic (exact) mass is 407 g/mol. The van der Waals surface area contributed by atoms with Crippen LogP contribution in [0.5, 0.6) is 0 Å². The van der Waals surface area contributed by atoms with E-state index in [0.29, 0.717) is 0 Å². The summed E-state index contributed by atoms with van der Waals surface area (Å²) in [6.07, 6.45) is 6.09. The largest absolute Gasteiger partial charge is 0.341 e. The second-order valence-electron chi connectivity index (χ2n) is 8.69. The minimum Gasteiger partial charge on any atom is -0.341 e. The number of hydrogen-bond donors (Lipinski definition) is 0. The summed E-state index contributed by atoms with van der Waals surface area (Å²) in [6.45, 7) is 8.73. The van der Waals surface area contributed by atoms with E-state index in [1.54, 1.807) is 0 Å². The van der Waals surface area contributed by atoms with Crippen LogP contribution < -0.4 is 4.57 Å². The van der Waals surface area contributed by atoms with Gasteiger partial charge in [0.1, 0.15) is 6.54 Å². The van der Waals surface area contributed by atoms with Gasteiger partial charge in [-0.15, -0.1) is 0 Å². The molecule has 0 unspecified atom stereocenters. The lowest BCUT2D eigenvalue weighted by Crippen LogP contribution is -2.36. The average Bonchev–Trinajstić information content (AvgIpc) is 3.09. The zero-order valence-electron chi connectivity index (χ0n) is 18.9. The molecular weight excluding hydrogens is 376 g/mol. The predicted molar refractivity (Wildman–Crippen MR) is 133 cm³/mol. The minimum absolute atomic E-state index is 0.976. The molecule has 0 aliphatic rings. The number of fused-ring (bicyclic) bond motifs is 4. The number of rotatable bonds is 6. The number of hydrogen-bond acceptors (Lipinski definition) is 0. The van der Waals surface area contributed by atoms with Crippen molar-refractivity contribution in [3.05, 3.63) is 78.5 Å². The summed E-state index contributed by atoms with van der Waals surface area (Å²) in [4.78, 5) is 0. The van der Waals surface area contributed by atoms with E-state index < -0.39 is 0 Å². The van der Waals surface area contributed by atoms with Crippen LogP contribution in [-0.4, -0.2) is 4.57 Å². The first-order valence-electron chi connectivity index (χ1n) is 11.6. The smallest absolute Gasteiger partial charge is 0.213 e. The Balaban J connectivity index is 1.78. The van der Waals surface area contributed by atoms with Gasteiger partial charge in [-0.05, 0) is 62.1 Å². The van der Waals surface area contributed by atoms with E-state index in [0.717, 1.165) is 13.1 Å². The van der Waals surface area contributed by atoms with E-state index in [4.69, 9.17) is 0 Å². The van der Waals surface area contributed by atoms with Gasteiger partial charge < -0.3 is 4.57 Å². The molecule has 0 aliphatic carbocycles. The first kappa shape index (κ1) is 19.8. The highest BCUT2D eigenvalue weighted by Crippen LogP contribution is 2.33. The molecule has 0 N–H and O–H groups in total. The van der Waals surface area contributed by atoms with Crippen LogP contribution in [-0.2, 0) is 13.1 Å². The molecule has 2 heterocycles. The molecule has 0 saturated heterocycles. The maximum atomic E-state index is 2.46. The van der Waals surface area contributed by atoms with E-state index in [1.807, 2.05) is 0 Å². The van der Waals surface area contributed by atoms with Gasteiger partial charge in [-0.25, -0.2) is 0 Å². The van der Waals surface area contributed by atoms with Crippen molar-refractivity contribution in [3.63, 3.8) is 0 Å². The highest BCUT2D eigenvalue weighted by atomic mass is 15.0. The van der Waals surface area contributed by atoms with Crippen molar-refractivity contribution in [1.29, 1.82) is 0 Å². The van der Waals surface area contributed by atoms with Crippen LogP contribution in [0.15, 0.2) is 72.9 Å². The molecule has 0 bridgehead atoms. The van der Waals surface area contributed by atoms with Crippen molar-refractivity contribution < 1.29 is 4.57 Å². The second kappa shape index (κ2) is 8.19. The van der Waals surface area contributed by atoms with Crippen molar-refractivity contribution in [2.45, 2.75) is 53.1 Å². The highest BCUT2D eigenvalue weighted by Gasteiger charge is 2.17. The lowest BCUT2D eigenvalue weighted by Gasteiger charge is -2.08. The summed E-state index contributed by atoms with van der Waals surface area (Å²) in [5, 5.41) is 5.36. The van der Waals surface area contributed by atoms with Crippen LogP contribution in [0.3, 0.4) is 0 Å². The molecular formula is C29H31N2+. The van der Waals surface area contributed by atoms with Crippen molar-refractivity contribution >= 4 is 32.6 Å². The zero-order valence-corrected chi connectivity index (χ0v) is 18.9. The van der Waals surface area contributed by atoms with Crippen LogP contribution in [0.1, 0.15) is 38.7 Å². The van der Waals surface area contributed by atoms with Crippen LogP contribution in [0, 0.1) is 6.92 Å². The standard InChI is InChI=1S/C29H31N2/c1-4-6-10-15-30-20-24-17-26-25-16-21(3)13-14-27(25)31(5-2)29(26)19-23(24)18-28(30)22-11-8-7-9-12-22/h7-9,11-14,16-20H,4-6,10,15H2,1-3H3/q+1. The molecule has 0 aliphatic heterocycles. The van der Waals surface area contributed by atoms with Crippen molar-refractivity contribution in [2.24, 2.45) is 0 Å². The molecule has 156 valence electrons. The summed E-state index contributed by atoms with van der Waals surface area (Å²) in [5.74, 6) is 0. The number of aromatic nitrogens is 2. The van der Waals surface area contributed by atoms with Gasteiger partial charge in [0.25, 0.3) is 0 Å². The fraction of sp³-hybridized carbons (Fsp3) is 0.276. The van der Waals surface area contributed by atoms with Crippen molar-refractivity contribution in [3.8, 4) is 11.3 Å². The van der Waals surface area contributed by atoms with Gasteiger partial charge in [-0.2, -0.15) is 4.57 Å². The van der Waals surface area contributed by atoms with Gasteiger partial charge in [-0.1, -0.05) is 43.2 Å². The molecule has 0 fully saturated rings. The van der Waals surface area contributed by atoms with Gasteiger partial charge in [0.05, 0.1) is 0 Å². The Morgan fingerprint density at radius 2 is 1.58 bits per heavy atom. The van der Waals surface area contributed by atoms with Crippen molar-refractivity contribution in [1.82, 2.24) is 4.57 Å². The Kier molecular flexibility index (Phi) is 5.23. The Morgan fingerprint density at radius 3 is 2.35 bits per heavy atom. The number of unbranched alkanes of at least 4 members (excludes halogenated alkanes) is 2. The number of aryl methyl sites for hydroxylation is 3. The maximum absolute atomic E-state index is 2.46. The zero-order chi connectivity index (χ0) is 21.4. The third-order valence-electron chi connectivity index (χ3n) is 6.51. The van der Waals surface area contributed by atoms with Crippen LogP contribution in [0.4, 0.5) is 0 Å². The molecule has 2 aromatic heterocycles. The first-order chi connectivity index (χ1) is 15.2. The average molecular weight is 408 g/mol. The predicted octanol–water partition coefficient (Wildman–Crippen LogP) is 7.42. The highest BCUT2D eigenvalue weighted by molar-refractivity contribution is 6.12. The number of benzene rings is 3. The van der Waals surface area contributed by atoms with Gasteiger partial charge >= 0.3 is 0 Å². The molecule has 0 saturated carbocycles. The molecule has 0 amide bonds. The Morgan fingerprint density at radius 1 is 0.774 bits per heavy atom. The topological polar surface area (TPSA) is 8.81 Å². The third-order valence-corrected chi connectivity index (χ3v) is 6.51. The second-order valence-corrected chi connectivity index (χ2v) is 8.69. The van der Waals surface area contributed by atoms with E-state index in [9.17, 15) is 0 Å². The molecule has 5 rings (SSSR count). The molecule has 2 nitrogen and oxygen atoms in total. The Labute approximate surface area is 184 Å². The quantitative estimate of drug-likeness (QED) is 0.204. The molecule has 3 aromatic carbocycles. The van der Waals surface area contributed by atoms with Crippen LogP contribution in [0.25, 0.3) is 43.8 Å². The molecule has 0 spiro atoms. The summed E-state index contributed by atoms with van der Waals surface area (Å²) in [7, 11) is 0. The molecule has 31 heavy (non-hydrogen) atoms. The maximum Gasteiger partial charge on any atom is 0.213 e. The SMILES string of the molecule is CCCCC[n+]1cc2cc3c4cc(C)ccc4n(CC)c3cc2cc1-c1ccccc1. The van der Waals surface area contributed by atoms with Gasteiger partial charge in [-0.3, -0.25) is 0 Å². The number of pyridine rings is 1. The summed E-state index contributed by atoms with van der Waals surface area (Å²) >= 11 is 0. The van der Waals surface area contributed by atoms with Crippen molar-refractivity contribution in [2.75, 3.05) is 0 Å². The fourth-order valence-electron chi connectivity index (χ4n) is 4.91. The van der Waals surface area contributed by atoms with Gasteiger partial charge in [0.2, 0.25) is 5.69 Å².